The number of benzene rings is 1. The molecule has 0 saturated heterocycles. The molecule has 0 saturated carbocycles. The fraction of sp³-hybridized carbons (Fsp3) is 0.500. The number of hydrogen-bond acceptors (Lipinski definition) is 5. The quantitative estimate of drug-likeness (QED) is 0.767. The summed E-state index contributed by atoms with van der Waals surface area (Å²) in [6.07, 6.45) is -0.134. The van der Waals surface area contributed by atoms with E-state index in [0.717, 1.165) is 0 Å². The van der Waals surface area contributed by atoms with Gasteiger partial charge >= 0.3 is 0 Å². The van der Waals surface area contributed by atoms with Crippen LogP contribution in [0.2, 0.25) is 0 Å². The maximum absolute atomic E-state index is 10.1. The van der Waals surface area contributed by atoms with Gasteiger partial charge in [-0.15, -0.1) is 0 Å². The Morgan fingerprint density at radius 1 is 1.12 bits per heavy atom. The molecule has 0 aliphatic heterocycles. The molecule has 1 atom stereocenters. The predicted octanol–water partition coefficient (Wildman–Crippen LogP) is 2.07. The van der Waals surface area contributed by atoms with E-state index in [-0.39, 0.29) is 0 Å². The van der Waals surface area contributed by atoms with Gasteiger partial charge in [-0.2, -0.15) is 12.6 Å². The summed E-state index contributed by atoms with van der Waals surface area (Å²) in [7, 11) is 4.66. The number of thiol groups is 1. The molecule has 0 fully saturated rings. The Morgan fingerprint density at radius 3 is 2.00 bits per heavy atom. The lowest BCUT2D eigenvalue weighted by atomic mass is 10.0. The molecule has 0 aliphatic rings. The summed E-state index contributed by atoms with van der Waals surface area (Å²) in [4.78, 5) is 0. The molecule has 0 radical (unpaired) electrons. The van der Waals surface area contributed by atoms with Crippen LogP contribution in [0.4, 0.5) is 0 Å². The van der Waals surface area contributed by atoms with Crippen LogP contribution in [-0.2, 0) is 0 Å². The molecule has 0 aliphatic carbocycles. The Labute approximate surface area is 107 Å². The van der Waals surface area contributed by atoms with Gasteiger partial charge in [-0.1, -0.05) is 0 Å². The first-order valence-electron chi connectivity index (χ1n) is 5.26. The normalized spacial score (nSPS) is 12.1. The van der Waals surface area contributed by atoms with Crippen LogP contribution in [0.25, 0.3) is 0 Å². The molecule has 1 aromatic rings. The molecular weight excluding hydrogens is 240 g/mol. The number of aliphatic hydroxyl groups is 1. The summed E-state index contributed by atoms with van der Waals surface area (Å²) in [5, 5.41) is 10.1. The topological polar surface area (TPSA) is 47.9 Å². The van der Waals surface area contributed by atoms with Crippen LogP contribution < -0.4 is 14.2 Å². The van der Waals surface area contributed by atoms with Crippen LogP contribution in [0.5, 0.6) is 17.2 Å². The Morgan fingerprint density at radius 2 is 1.65 bits per heavy atom. The first kappa shape index (κ1) is 14.0. The van der Waals surface area contributed by atoms with Gasteiger partial charge in [0.15, 0.2) is 0 Å². The molecule has 1 N–H and O–H groups in total. The van der Waals surface area contributed by atoms with Crippen molar-refractivity contribution < 1.29 is 19.3 Å². The van der Waals surface area contributed by atoms with Crippen LogP contribution in [0.1, 0.15) is 18.1 Å². The molecule has 1 aromatic carbocycles. The second-order valence-corrected chi connectivity index (χ2v) is 3.92. The predicted molar refractivity (Wildman–Crippen MR) is 69.5 cm³/mol. The highest BCUT2D eigenvalue weighted by Gasteiger charge is 2.19. The van der Waals surface area contributed by atoms with Crippen molar-refractivity contribution in [3.05, 3.63) is 17.7 Å². The monoisotopic (exact) mass is 258 g/mol. The van der Waals surface area contributed by atoms with Crippen LogP contribution in [0.15, 0.2) is 12.1 Å². The molecule has 5 heteroatoms. The van der Waals surface area contributed by atoms with Crippen molar-refractivity contribution >= 4 is 12.6 Å². The highest BCUT2D eigenvalue weighted by atomic mass is 32.1. The Hall–Kier alpha value is -1.07. The highest BCUT2D eigenvalue weighted by molar-refractivity contribution is 7.80. The van der Waals surface area contributed by atoms with E-state index in [4.69, 9.17) is 14.2 Å². The van der Waals surface area contributed by atoms with Crippen LogP contribution in [0.3, 0.4) is 0 Å². The number of methoxy groups -OCH3 is 3. The zero-order chi connectivity index (χ0) is 12.8. The largest absolute Gasteiger partial charge is 0.496 e. The highest BCUT2D eigenvalue weighted by Crippen LogP contribution is 2.39. The fourth-order valence-electron chi connectivity index (χ4n) is 1.63. The first-order chi connectivity index (χ1) is 8.17. The lowest BCUT2D eigenvalue weighted by molar-refractivity contribution is 0.166. The zero-order valence-corrected chi connectivity index (χ0v) is 11.2. The van der Waals surface area contributed by atoms with Crippen molar-refractivity contribution in [2.24, 2.45) is 0 Å². The van der Waals surface area contributed by atoms with Crippen LogP contribution in [0, 0.1) is 0 Å². The molecule has 96 valence electrons. The summed E-state index contributed by atoms with van der Waals surface area (Å²) in [6, 6.07) is 3.44. The zero-order valence-electron chi connectivity index (χ0n) is 10.3. The van der Waals surface area contributed by atoms with Gasteiger partial charge in [-0.25, -0.2) is 0 Å². The molecule has 0 heterocycles. The SMILES string of the molecule is COc1cc(OC)c(C(O)CCS)c(OC)c1. The first-order valence-corrected chi connectivity index (χ1v) is 5.90. The third kappa shape index (κ3) is 3.20. The van der Waals surface area contributed by atoms with E-state index in [0.29, 0.717) is 35.0 Å². The van der Waals surface area contributed by atoms with Crippen LogP contribution in [-0.4, -0.2) is 32.2 Å². The minimum Gasteiger partial charge on any atom is -0.496 e. The van der Waals surface area contributed by atoms with E-state index in [9.17, 15) is 5.11 Å². The summed E-state index contributed by atoms with van der Waals surface area (Å²) in [6.45, 7) is 0. The van der Waals surface area contributed by atoms with E-state index in [2.05, 4.69) is 12.6 Å². The molecule has 17 heavy (non-hydrogen) atoms. The van der Waals surface area contributed by atoms with Gasteiger partial charge in [-0.3, -0.25) is 0 Å². The molecule has 1 unspecified atom stereocenters. The summed E-state index contributed by atoms with van der Waals surface area (Å²) in [5.41, 5.74) is 0.629. The fourth-order valence-corrected chi connectivity index (χ4v) is 1.87. The van der Waals surface area contributed by atoms with E-state index in [1.165, 1.54) is 0 Å². The molecule has 0 amide bonds. The number of aliphatic hydroxyl groups excluding tert-OH is 1. The van der Waals surface area contributed by atoms with Gasteiger partial charge in [0.05, 0.1) is 33.0 Å². The average Bonchev–Trinajstić information content (AvgIpc) is 2.37. The van der Waals surface area contributed by atoms with Gasteiger partial charge in [0.1, 0.15) is 17.2 Å². The van der Waals surface area contributed by atoms with E-state index >= 15 is 0 Å². The van der Waals surface area contributed by atoms with Crippen molar-refractivity contribution in [2.45, 2.75) is 12.5 Å². The van der Waals surface area contributed by atoms with Crippen molar-refractivity contribution in [3.8, 4) is 17.2 Å². The maximum Gasteiger partial charge on any atom is 0.132 e. The van der Waals surface area contributed by atoms with Crippen molar-refractivity contribution in [1.82, 2.24) is 0 Å². The molecule has 0 bridgehead atoms. The lowest BCUT2D eigenvalue weighted by Gasteiger charge is -2.18. The second-order valence-electron chi connectivity index (χ2n) is 3.47. The van der Waals surface area contributed by atoms with Crippen LogP contribution >= 0.6 is 12.6 Å². The van der Waals surface area contributed by atoms with E-state index in [1.807, 2.05) is 0 Å². The minimum atomic E-state index is -0.664. The molecule has 1 rings (SSSR count). The van der Waals surface area contributed by atoms with Gasteiger partial charge in [-0.05, 0) is 12.2 Å². The van der Waals surface area contributed by atoms with Gasteiger partial charge < -0.3 is 19.3 Å². The lowest BCUT2D eigenvalue weighted by Crippen LogP contribution is -2.05. The Balaban J connectivity index is 3.23. The third-order valence-electron chi connectivity index (χ3n) is 2.49. The molecule has 0 spiro atoms. The second kappa shape index (κ2) is 6.61. The number of rotatable bonds is 6. The van der Waals surface area contributed by atoms with E-state index < -0.39 is 6.10 Å². The minimum absolute atomic E-state index is 0.530. The van der Waals surface area contributed by atoms with Crippen molar-refractivity contribution in [3.63, 3.8) is 0 Å². The molecular formula is C12H18O4S. The Bertz CT molecular complexity index is 343. The van der Waals surface area contributed by atoms with Crippen molar-refractivity contribution in [2.75, 3.05) is 27.1 Å². The Kier molecular flexibility index (Phi) is 5.44. The standard InChI is InChI=1S/C12H18O4S/c1-14-8-6-10(15-2)12(9(13)4-5-17)11(7-8)16-3/h6-7,9,13,17H,4-5H2,1-3H3. The third-order valence-corrected chi connectivity index (χ3v) is 2.75. The van der Waals surface area contributed by atoms with Gasteiger partial charge in [0, 0.05) is 12.1 Å². The molecule has 0 aromatic heterocycles. The molecule has 4 nitrogen and oxygen atoms in total. The maximum atomic E-state index is 10.1. The summed E-state index contributed by atoms with van der Waals surface area (Å²) in [5.74, 6) is 2.31. The number of ether oxygens (including phenoxy) is 3. The summed E-state index contributed by atoms with van der Waals surface area (Å²) >= 11 is 4.11. The van der Waals surface area contributed by atoms with Crippen molar-refractivity contribution in [1.29, 1.82) is 0 Å². The van der Waals surface area contributed by atoms with Gasteiger partial charge in [0.2, 0.25) is 0 Å². The van der Waals surface area contributed by atoms with Gasteiger partial charge in [0.25, 0.3) is 0 Å². The average molecular weight is 258 g/mol. The summed E-state index contributed by atoms with van der Waals surface area (Å²) < 4.78 is 15.6. The number of hydrogen-bond donors (Lipinski definition) is 2. The van der Waals surface area contributed by atoms with E-state index in [1.54, 1.807) is 33.5 Å². The smallest absolute Gasteiger partial charge is 0.132 e.